The Morgan fingerprint density at radius 2 is 2.15 bits per heavy atom. The number of guanidine groups is 1. The number of rotatable bonds is 1. The zero-order chi connectivity index (χ0) is 10.0. The molecule has 0 aromatic rings. The van der Waals surface area contributed by atoms with E-state index in [1.165, 1.54) is 11.8 Å². The lowest BCUT2D eigenvalue weighted by atomic mass is 10.3. The second-order valence-electron chi connectivity index (χ2n) is 3.00. The number of amidine groups is 1. The number of hydrogen-bond acceptors (Lipinski definition) is 6. The van der Waals surface area contributed by atoms with Crippen molar-refractivity contribution in [3.8, 4) is 0 Å². The normalized spacial score (nSPS) is 23.2. The van der Waals surface area contributed by atoms with Crippen LogP contribution in [0.5, 0.6) is 0 Å². The van der Waals surface area contributed by atoms with Gasteiger partial charge in [-0.2, -0.15) is 4.99 Å². The zero-order valence-corrected chi connectivity index (χ0v) is 8.88. The van der Waals surface area contributed by atoms with E-state index in [0.29, 0.717) is 0 Å². The molecule has 0 fully saturated rings. The van der Waals surface area contributed by atoms with Crippen LogP contribution >= 0.6 is 11.8 Å². The lowest BCUT2D eigenvalue weighted by molar-refractivity contribution is 0.274. The molecule has 74 valence electrons. The molecule has 1 atom stereocenters. The molecule has 5 nitrogen and oxygen atoms in total. The predicted molar refractivity (Wildman–Crippen MR) is 57.5 cm³/mol. The van der Waals surface area contributed by atoms with Crippen LogP contribution in [0.2, 0.25) is 0 Å². The van der Waals surface area contributed by atoms with Gasteiger partial charge in [0, 0.05) is 6.04 Å². The maximum absolute atomic E-state index is 5.80. The third-order valence-electron chi connectivity index (χ3n) is 1.72. The van der Waals surface area contributed by atoms with Crippen LogP contribution in [0.3, 0.4) is 0 Å². The van der Waals surface area contributed by atoms with Crippen LogP contribution in [0.15, 0.2) is 9.98 Å². The van der Waals surface area contributed by atoms with E-state index in [-0.39, 0.29) is 12.0 Å². The summed E-state index contributed by atoms with van der Waals surface area (Å²) in [7, 11) is 0. The Morgan fingerprint density at radius 1 is 1.54 bits per heavy atom. The third kappa shape index (κ3) is 2.13. The van der Waals surface area contributed by atoms with Gasteiger partial charge >= 0.3 is 0 Å². The highest BCUT2D eigenvalue weighted by atomic mass is 32.2. The predicted octanol–water partition coefficient (Wildman–Crippen LogP) is -0.0136. The Morgan fingerprint density at radius 3 is 2.62 bits per heavy atom. The first kappa shape index (κ1) is 10.3. The van der Waals surface area contributed by atoms with Crippen molar-refractivity contribution in [2.45, 2.75) is 26.2 Å². The molecule has 13 heavy (non-hydrogen) atoms. The topological polar surface area (TPSA) is 80.0 Å². The monoisotopic (exact) mass is 201 g/mol. The Balaban J connectivity index is 2.91. The molecule has 1 aliphatic rings. The van der Waals surface area contributed by atoms with Crippen molar-refractivity contribution in [2.75, 3.05) is 6.26 Å². The van der Waals surface area contributed by atoms with E-state index in [1.807, 2.05) is 25.0 Å². The van der Waals surface area contributed by atoms with E-state index in [0.717, 1.165) is 5.17 Å². The van der Waals surface area contributed by atoms with Crippen LogP contribution in [0.25, 0.3) is 0 Å². The van der Waals surface area contributed by atoms with Gasteiger partial charge in [0.25, 0.3) is 0 Å². The van der Waals surface area contributed by atoms with E-state index in [9.17, 15) is 0 Å². The molecule has 1 rings (SSSR count). The van der Waals surface area contributed by atoms with Gasteiger partial charge in [0.2, 0.25) is 5.96 Å². The maximum atomic E-state index is 5.80. The average molecular weight is 201 g/mol. The van der Waals surface area contributed by atoms with Gasteiger partial charge in [0.15, 0.2) is 11.5 Å². The third-order valence-corrected chi connectivity index (χ3v) is 2.39. The summed E-state index contributed by atoms with van der Waals surface area (Å²) in [5.74, 6) is 0.258. The van der Waals surface area contributed by atoms with Gasteiger partial charge in [0.05, 0.1) is 0 Å². The number of nitrogens with two attached hydrogens (primary N) is 2. The Labute approximate surface area is 82.3 Å². The fourth-order valence-corrected chi connectivity index (χ4v) is 1.89. The lowest BCUT2D eigenvalue weighted by Gasteiger charge is -2.34. The molecule has 0 bridgehead atoms. The molecule has 0 amide bonds. The van der Waals surface area contributed by atoms with Crippen molar-refractivity contribution in [2.24, 2.45) is 21.5 Å². The summed E-state index contributed by atoms with van der Waals surface area (Å²) in [6, 6.07) is 0.276. The van der Waals surface area contributed by atoms with Crippen LogP contribution in [-0.4, -0.2) is 34.6 Å². The van der Waals surface area contributed by atoms with Crippen molar-refractivity contribution < 1.29 is 0 Å². The molecule has 0 aromatic carbocycles. The molecule has 1 heterocycles. The van der Waals surface area contributed by atoms with Crippen molar-refractivity contribution >= 4 is 22.9 Å². The van der Waals surface area contributed by atoms with Gasteiger partial charge < -0.3 is 10.6 Å². The molecule has 0 saturated heterocycles. The van der Waals surface area contributed by atoms with Crippen LogP contribution in [0.1, 0.15) is 13.8 Å². The Bertz CT molecular complexity index is 247. The minimum absolute atomic E-state index is 0.258. The van der Waals surface area contributed by atoms with Gasteiger partial charge in [-0.05, 0) is 20.1 Å². The van der Waals surface area contributed by atoms with Crippen LogP contribution < -0.4 is 11.5 Å². The standard InChI is InChI=1S/C7H15N5S/c1-4(2)12-6(9)10-5(8)11-7(12)13-3/h4,6H,9H2,1-3H3,(H2,8,10). The first-order valence-corrected chi connectivity index (χ1v) is 5.28. The Kier molecular flexibility index (Phi) is 3.16. The molecule has 1 aliphatic heterocycles. The molecular formula is C7H15N5S. The zero-order valence-electron chi connectivity index (χ0n) is 8.06. The minimum atomic E-state index is -0.403. The molecule has 0 aliphatic carbocycles. The molecule has 0 spiro atoms. The highest BCUT2D eigenvalue weighted by Crippen LogP contribution is 2.15. The van der Waals surface area contributed by atoms with Crippen LogP contribution in [0, 0.1) is 0 Å². The summed E-state index contributed by atoms with van der Waals surface area (Å²) in [4.78, 5) is 10.0. The quantitative estimate of drug-likeness (QED) is 0.625. The summed E-state index contributed by atoms with van der Waals surface area (Å²) in [5, 5.41) is 0.829. The summed E-state index contributed by atoms with van der Waals surface area (Å²) in [6.45, 7) is 4.09. The molecule has 0 saturated carbocycles. The maximum Gasteiger partial charge on any atom is 0.221 e. The van der Waals surface area contributed by atoms with E-state index in [1.54, 1.807) is 0 Å². The summed E-state index contributed by atoms with van der Waals surface area (Å²) < 4.78 is 0. The van der Waals surface area contributed by atoms with Crippen molar-refractivity contribution in [3.63, 3.8) is 0 Å². The lowest BCUT2D eigenvalue weighted by Crippen LogP contribution is -2.50. The van der Waals surface area contributed by atoms with Crippen LogP contribution in [-0.2, 0) is 0 Å². The van der Waals surface area contributed by atoms with Gasteiger partial charge in [-0.3, -0.25) is 5.73 Å². The van der Waals surface area contributed by atoms with E-state index in [2.05, 4.69) is 9.98 Å². The minimum Gasteiger partial charge on any atom is -0.368 e. The second-order valence-corrected chi connectivity index (χ2v) is 3.77. The average Bonchev–Trinajstić information content (AvgIpc) is 2.01. The molecular weight excluding hydrogens is 186 g/mol. The first-order chi connectivity index (χ1) is 6.06. The fraction of sp³-hybridized carbons (Fsp3) is 0.714. The molecule has 0 radical (unpaired) electrons. The fourth-order valence-electron chi connectivity index (χ4n) is 1.17. The summed E-state index contributed by atoms with van der Waals surface area (Å²) in [5.41, 5.74) is 11.3. The van der Waals surface area contributed by atoms with Gasteiger partial charge in [0.1, 0.15) is 0 Å². The van der Waals surface area contributed by atoms with Crippen molar-refractivity contribution in [1.82, 2.24) is 4.90 Å². The number of nitrogens with zero attached hydrogens (tertiary/aromatic N) is 3. The number of hydrogen-bond donors (Lipinski definition) is 2. The van der Waals surface area contributed by atoms with Gasteiger partial charge in [-0.25, -0.2) is 4.99 Å². The molecule has 4 N–H and O–H groups in total. The summed E-state index contributed by atoms with van der Waals surface area (Å²) in [6.07, 6.45) is 1.54. The molecule has 6 heteroatoms. The second kappa shape index (κ2) is 3.97. The van der Waals surface area contributed by atoms with Crippen LogP contribution in [0.4, 0.5) is 0 Å². The Hall–Kier alpha value is -0.750. The van der Waals surface area contributed by atoms with Gasteiger partial charge in [-0.15, -0.1) is 0 Å². The van der Waals surface area contributed by atoms with Crippen molar-refractivity contribution in [3.05, 3.63) is 0 Å². The largest absolute Gasteiger partial charge is 0.368 e. The smallest absolute Gasteiger partial charge is 0.221 e. The van der Waals surface area contributed by atoms with Gasteiger partial charge in [-0.1, -0.05) is 11.8 Å². The first-order valence-electron chi connectivity index (χ1n) is 4.06. The van der Waals surface area contributed by atoms with E-state index < -0.39 is 6.29 Å². The van der Waals surface area contributed by atoms with Crippen molar-refractivity contribution in [1.29, 1.82) is 0 Å². The highest BCUT2D eigenvalue weighted by Gasteiger charge is 2.24. The number of thioether (sulfide) groups is 1. The number of aliphatic imine (C=N–C) groups is 2. The summed E-state index contributed by atoms with van der Waals surface area (Å²) >= 11 is 1.52. The van der Waals surface area contributed by atoms with E-state index in [4.69, 9.17) is 11.5 Å². The SMILES string of the molecule is CSC1=NC(N)=NC(N)N1C(C)C. The molecule has 0 aromatic heterocycles. The van der Waals surface area contributed by atoms with E-state index >= 15 is 0 Å². The highest BCUT2D eigenvalue weighted by molar-refractivity contribution is 8.13. The molecule has 1 unspecified atom stereocenters.